The third-order valence-electron chi connectivity index (χ3n) is 20.2. The molecule has 0 bridgehead atoms. The van der Waals surface area contributed by atoms with Gasteiger partial charge in [-0.1, -0.05) is 433 Å². The average Bonchev–Trinajstić information content (AvgIpc) is 1.58. The van der Waals surface area contributed by atoms with E-state index in [9.17, 15) is 0 Å². The van der Waals surface area contributed by atoms with E-state index in [0.29, 0.717) is 50.2 Å². The smallest absolute Gasteiger partial charge is 0.0364 e. The largest absolute Gasteiger partial charge is 0.0924 e. The first-order valence-electron chi connectivity index (χ1n) is 36.2. The maximum Gasteiger partial charge on any atom is 0.0364 e. The molecule has 2 fully saturated rings. The second-order valence-corrected chi connectivity index (χ2v) is 39.3. The molecule has 5 heteroatoms. The van der Waals surface area contributed by atoms with Crippen LogP contribution in [0.25, 0.3) is 22.3 Å². The maximum absolute atomic E-state index is 2.45. The van der Waals surface area contributed by atoms with Gasteiger partial charge < -0.3 is 0 Å². The van der Waals surface area contributed by atoms with E-state index in [4.69, 9.17) is 0 Å². The predicted octanol–water partition coefficient (Wildman–Crippen LogP) is 27.8. The van der Waals surface area contributed by atoms with E-state index in [0.717, 1.165) is 5.66 Å². The molecule has 0 amide bonds. The van der Waals surface area contributed by atoms with Crippen LogP contribution >= 0.6 is 15.8 Å². The Labute approximate surface area is 646 Å². The van der Waals surface area contributed by atoms with Crippen LogP contribution in [0.5, 0.6) is 0 Å². The second-order valence-electron chi connectivity index (χ2n) is 31.2. The minimum absolute atomic E-state index is 0. The van der Waals surface area contributed by atoms with Gasteiger partial charge in [-0.05, 0) is 158 Å². The molecule has 10 aromatic carbocycles. The van der Waals surface area contributed by atoms with E-state index in [1.54, 1.807) is 5.31 Å². The molecule has 14 rings (SSSR count). The van der Waals surface area contributed by atoms with Crippen molar-refractivity contribution in [2.75, 3.05) is 0 Å². The molecular weight excluding hydrogens is 1430 g/mol. The molecule has 0 aromatic heterocycles. The molecule has 526 valence electrons. The molecule has 0 nitrogen and oxygen atoms in total. The van der Waals surface area contributed by atoms with Crippen LogP contribution in [0.2, 0.25) is 0 Å². The van der Waals surface area contributed by atoms with E-state index in [1.165, 1.54) is 110 Å². The van der Waals surface area contributed by atoms with Crippen molar-refractivity contribution in [3.63, 3.8) is 0 Å². The number of hydrogen-bond acceptors (Lipinski definition) is 0. The number of rotatable bonds is 12. The van der Waals surface area contributed by atoms with E-state index < -0.39 is 0 Å². The summed E-state index contributed by atoms with van der Waals surface area (Å²) in [5.41, 5.74) is 19.9. The molecule has 101 heavy (non-hydrogen) atoms. The van der Waals surface area contributed by atoms with Crippen molar-refractivity contribution in [3.8, 4) is 0 Å². The average molecular weight is 1540 g/mol. The molecule has 0 spiro atoms. The van der Waals surface area contributed by atoms with E-state index in [-0.39, 0.29) is 76.3 Å². The Morgan fingerprint density at radius 2 is 0.525 bits per heavy atom. The topological polar surface area (TPSA) is 0 Å². The van der Waals surface area contributed by atoms with Crippen LogP contribution < -0.4 is 0 Å². The summed E-state index contributed by atoms with van der Waals surface area (Å²) in [6.45, 7) is 28.9. The van der Waals surface area contributed by atoms with Crippen molar-refractivity contribution in [2.24, 2.45) is 0 Å². The van der Waals surface area contributed by atoms with Crippen LogP contribution in [0.1, 0.15) is 206 Å². The van der Waals surface area contributed by atoms with Crippen molar-refractivity contribution < 1.29 is 54.6 Å². The van der Waals surface area contributed by atoms with Crippen LogP contribution in [-0.4, -0.2) is 26.3 Å². The van der Waals surface area contributed by atoms with E-state index >= 15 is 0 Å². The molecule has 0 radical (unpaired) electrons. The van der Waals surface area contributed by atoms with Crippen molar-refractivity contribution in [2.45, 2.75) is 177 Å². The molecule has 10 aromatic rings. The Morgan fingerprint density at radius 1 is 0.287 bits per heavy atom. The van der Waals surface area contributed by atoms with Crippen molar-refractivity contribution in [1.29, 1.82) is 0 Å². The number of allylic oxidation sites excluding steroid dienone is 8. The normalized spacial score (nSPS) is 18.4. The summed E-state index contributed by atoms with van der Waals surface area (Å²) in [6.07, 6.45) is 14.0. The summed E-state index contributed by atoms with van der Waals surface area (Å²) in [5, 5.41) is 3.57. The molecule has 0 unspecified atom stereocenters. The fourth-order valence-corrected chi connectivity index (χ4v) is 27.0. The van der Waals surface area contributed by atoms with Gasteiger partial charge in [0.25, 0.3) is 0 Å². The van der Waals surface area contributed by atoms with E-state index in [1.807, 2.05) is 0 Å². The monoisotopic (exact) mass is 1540 g/mol. The van der Waals surface area contributed by atoms with Gasteiger partial charge in [0.1, 0.15) is 0 Å². The van der Waals surface area contributed by atoms with Crippen LogP contribution in [0.3, 0.4) is 0 Å². The van der Waals surface area contributed by atoms with Gasteiger partial charge in [-0.3, -0.25) is 0 Å². The minimum atomic E-state index is -0.0453. The van der Waals surface area contributed by atoms with Gasteiger partial charge in [0, 0.05) is 60.5 Å². The standard InChI is InChI=1S/C35H30.C35H26.C13H27P.C13H23P.2Fe.Pd/c2*1-6-16-26(17-7-1)31-32(27-18-8-2-9-19-27)34(29-22-12-4-13-23-29)35(30-24-14-5-15-25-30)33(31)28-20-10-3-11-21-28;2*1-12(2,3)14(13(4,5)6)11-9-7-8-10-11;;;/h1-25,31-35H;1-25,31H;11H,7-10H2,1-6H3;7-9H,10H2,1-6H3;;;. The van der Waals surface area contributed by atoms with Crippen molar-refractivity contribution in [1.82, 2.24) is 0 Å². The predicted molar refractivity (Wildman–Crippen MR) is 431 cm³/mol. The molecule has 4 aliphatic carbocycles. The molecule has 0 atom stereocenters. The molecular formula is C96H106Fe2P2Pd. The Kier molecular flexibility index (Phi) is 29.4. The minimum Gasteiger partial charge on any atom is -0.0924 e. The summed E-state index contributed by atoms with van der Waals surface area (Å²) in [4.78, 5) is 0. The van der Waals surface area contributed by atoms with Crippen molar-refractivity contribution in [3.05, 3.63) is 382 Å². The summed E-state index contributed by atoms with van der Waals surface area (Å²) in [7, 11) is 0.111. The quantitative estimate of drug-likeness (QED) is 0.0845. The van der Waals surface area contributed by atoms with Gasteiger partial charge in [0.2, 0.25) is 0 Å². The fourth-order valence-electron chi connectivity index (χ4n) is 17.6. The number of hydrogen-bond donors (Lipinski definition) is 0. The van der Waals surface area contributed by atoms with Crippen LogP contribution in [-0.2, 0) is 54.6 Å². The summed E-state index contributed by atoms with van der Waals surface area (Å²) in [5.74, 6) is 1.91. The van der Waals surface area contributed by atoms with Gasteiger partial charge in [-0.2, -0.15) is 0 Å². The molecule has 0 saturated heterocycles. The number of benzene rings is 10. The zero-order chi connectivity index (χ0) is 68.9. The SMILES string of the molecule is CC(C)(C)P(C1=CC=CC1)C(C)(C)C.CC(C)(C)P(C1CCCC1)C(C)(C)C.[Fe].[Fe].[Pd].c1ccc(C2=C(c3ccccc3)C(c3ccccc3)C(c3ccccc3)=C2c2ccccc2)cc1.c1ccc(C2C(c3ccccc3)C(c3ccccc3)C(c3ccccc3)C2c2ccccc2)cc1. The third kappa shape index (κ3) is 19.8. The molecule has 0 heterocycles. The first kappa shape index (κ1) is 80.4. The Balaban J connectivity index is 0.000000184. The zero-order valence-corrected chi connectivity index (χ0v) is 67.1. The molecule has 4 aliphatic rings. The Hall–Kier alpha value is -6.28. The van der Waals surface area contributed by atoms with E-state index in [2.05, 4.69) is 405 Å². The zero-order valence-electron chi connectivity index (χ0n) is 61.6. The third-order valence-corrected chi connectivity index (χ3v) is 27.9. The Morgan fingerprint density at radius 3 is 0.752 bits per heavy atom. The first-order chi connectivity index (χ1) is 47.3. The molecule has 0 N–H and O–H groups in total. The van der Waals surface area contributed by atoms with Crippen LogP contribution in [0, 0.1) is 0 Å². The summed E-state index contributed by atoms with van der Waals surface area (Å²) < 4.78 is 0. The van der Waals surface area contributed by atoms with Gasteiger partial charge >= 0.3 is 0 Å². The second kappa shape index (κ2) is 36.9. The maximum atomic E-state index is 2.45. The molecule has 0 aliphatic heterocycles. The summed E-state index contributed by atoms with van der Waals surface area (Å²) in [6, 6.07) is 111. The van der Waals surface area contributed by atoms with Gasteiger partial charge in [0.15, 0.2) is 0 Å². The van der Waals surface area contributed by atoms with Crippen LogP contribution in [0.15, 0.2) is 327 Å². The Bertz CT molecular complexity index is 3810. The summed E-state index contributed by atoms with van der Waals surface area (Å²) >= 11 is 0. The van der Waals surface area contributed by atoms with Crippen LogP contribution in [0.4, 0.5) is 0 Å². The first-order valence-corrected chi connectivity index (χ1v) is 39.0. The van der Waals surface area contributed by atoms with Crippen molar-refractivity contribution >= 4 is 38.1 Å². The van der Waals surface area contributed by atoms with Gasteiger partial charge in [0.05, 0.1) is 0 Å². The van der Waals surface area contributed by atoms with Gasteiger partial charge in [-0.15, -0.1) is 0 Å². The fraction of sp³-hybridized carbons (Fsp3) is 0.292. The molecule has 2 saturated carbocycles. The van der Waals surface area contributed by atoms with Gasteiger partial charge in [-0.25, -0.2) is 0 Å².